The molecule has 22 nitrogen and oxygen atoms in total. The zero-order valence-electron chi connectivity index (χ0n) is 46.0. The van der Waals surface area contributed by atoms with Crippen LogP contribution in [0.25, 0.3) is 27.8 Å². The van der Waals surface area contributed by atoms with Crippen LogP contribution in [-0.4, -0.2) is 150 Å². The summed E-state index contributed by atoms with van der Waals surface area (Å²) in [6.07, 6.45) is 6.49. The maximum absolute atomic E-state index is 15.5. The Bertz CT molecular complexity index is 3600. The van der Waals surface area contributed by atoms with Crippen molar-refractivity contribution in [1.29, 1.82) is 0 Å². The second-order valence-corrected chi connectivity index (χ2v) is 22.1. The Balaban J connectivity index is 0.000000223. The number of esters is 1. The molecule has 0 amide bonds. The Kier molecular flexibility index (Phi) is 16.1. The Labute approximate surface area is 466 Å². The first kappa shape index (κ1) is 55.6. The van der Waals surface area contributed by atoms with Crippen LogP contribution >= 0.6 is 11.6 Å². The van der Waals surface area contributed by atoms with E-state index >= 15 is 4.39 Å². The fourth-order valence-electron chi connectivity index (χ4n) is 10.3. The summed E-state index contributed by atoms with van der Waals surface area (Å²) in [4.78, 5) is 74.5. The number of nitrogens with one attached hydrogen (secondary N) is 2. The van der Waals surface area contributed by atoms with Crippen molar-refractivity contribution in [2.24, 2.45) is 14.1 Å². The molecule has 0 bridgehead atoms. The fourth-order valence-corrected chi connectivity index (χ4v) is 10.6. The highest BCUT2D eigenvalue weighted by Crippen LogP contribution is 2.31. The Morgan fingerprint density at radius 3 is 1.80 bits per heavy atom. The lowest BCUT2D eigenvalue weighted by Gasteiger charge is -2.46. The molecule has 2 atom stereocenters. The molecule has 4 aliphatic heterocycles. The van der Waals surface area contributed by atoms with Crippen molar-refractivity contribution < 1.29 is 23.4 Å². The van der Waals surface area contributed by atoms with Gasteiger partial charge in [-0.15, -0.1) is 0 Å². The molecule has 24 heteroatoms. The number of pyridine rings is 3. The molecule has 6 aromatic heterocycles. The molecule has 420 valence electrons. The summed E-state index contributed by atoms with van der Waals surface area (Å²) in [5.41, 5.74) is 2.59. The van der Waals surface area contributed by atoms with E-state index in [1.54, 1.807) is 31.4 Å². The predicted molar refractivity (Wildman–Crippen MR) is 303 cm³/mol. The van der Waals surface area contributed by atoms with Crippen LogP contribution in [-0.2, 0) is 45.1 Å². The van der Waals surface area contributed by atoms with E-state index in [-0.39, 0.29) is 45.2 Å². The average molecular weight is 1110 g/mol. The average Bonchev–Trinajstić information content (AvgIpc) is 3.50. The van der Waals surface area contributed by atoms with Gasteiger partial charge in [0.1, 0.15) is 35.4 Å². The molecule has 80 heavy (non-hydrogen) atoms. The van der Waals surface area contributed by atoms with E-state index in [2.05, 4.69) is 74.3 Å². The highest BCUT2D eigenvalue weighted by atomic mass is 35.5. The van der Waals surface area contributed by atoms with E-state index in [0.29, 0.717) is 58.1 Å². The summed E-state index contributed by atoms with van der Waals surface area (Å²) in [5, 5.41) is 19.3. The quantitative estimate of drug-likeness (QED) is 0.143. The summed E-state index contributed by atoms with van der Waals surface area (Å²) in [6.45, 7) is 20.3. The van der Waals surface area contributed by atoms with Crippen LogP contribution in [0, 0.1) is 5.82 Å². The summed E-state index contributed by atoms with van der Waals surface area (Å²) < 4.78 is 35.0. The van der Waals surface area contributed by atoms with Crippen LogP contribution in [0.2, 0.25) is 5.15 Å². The number of nitrogens with zero attached hydrogens (tertiary/aromatic N) is 13. The van der Waals surface area contributed by atoms with Crippen molar-refractivity contribution in [2.75, 3.05) is 86.1 Å². The molecule has 4 saturated heterocycles. The van der Waals surface area contributed by atoms with E-state index in [0.717, 1.165) is 87.3 Å². The number of rotatable bonds is 12. The number of carbonyl (C=O) groups is 1. The van der Waals surface area contributed by atoms with Crippen molar-refractivity contribution in [3.05, 3.63) is 133 Å². The molecule has 11 rings (SSSR count). The third-order valence-corrected chi connectivity index (χ3v) is 15.2. The van der Waals surface area contributed by atoms with E-state index < -0.39 is 22.9 Å². The molecule has 0 unspecified atom stereocenters. The number of piperazine rings is 2. The molecule has 7 aromatic rings. The number of anilines is 6. The number of hydrogen-bond acceptors (Lipinski definition) is 19. The van der Waals surface area contributed by atoms with Gasteiger partial charge in [-0.1, -0.05) is 32.4 Å². The molecule has 0 radical (unpaired) electrons. The monoisotopic (exact) mass is 1110 g/mol. The van der Waals surface area contributed by atoms with E-state index in [1.807, 2.05) is 51.2 Å². The van der Waals surface area contributed by atoms with Crippen LogP contribution in [0.3, 0.4) is 0 Å². The molecule has 10 heterocycles. The zero-order valence-corrected chi connectivity index (χ0v) is 46.8. The number of hydrogen-bond donors (Lipinski definition) is 2. The number of aryl methyl sites for hydroxylation is 2. The van der Waals surface area contributed by atoms with Crippen LogP contribution in [0.15, 0.2) is 93.8 Å². The molecular weight excluding hydrogens is 1050 g/mol. The molecule has 0 saturated carbocycles. The van der Waals surface area contributed by atoms with Crippen LogP contribution in [0.1, 0.15) is 52.7 Å². The van der Waals surface area contributed by atoms with Gasteiger partial charge in [-0.2, -0.15) is 20.0 Å². The van der Waals surface area contributed by atoms with Gasteiger partial charge in [0.05, 0.1) is 79.6 Å². The summed E-state index contributed by atoms with van der Waals surface area (Å²) >= 11 is 5.93. The van der Waals surface area contributed by atoms with Gasteiger partial charge in [-0.05, 0) is 73.4 Å². The largest absolute Gasteiger partial charge is 0.461 e. The van der Waals surface area contributed by atoms with Crippen molar-refractivity contribution in [3.63, 3.8) is 0 Å². The van der Waals surface area contributed by atoms with Gasteiger partial charge in [-0.25, -0.2) is 28.7 Å². The molecule has 0 spiro atoms. The number of fused-ring (bicyclic) bond motifs is 1. The highest BCUT2D eigenvalue weighted by Gasteiger charge is 2.34. The molecule has 4 fully saturated rings. The molecule has 0 aliphatic carbocycles. The number of halogens is 2. The smallest absolute Gasteiger partial charge is 0.302 e. The van der Waals surface area contributed by atoms with Crippen LogP contribution in [0.4, 0.5) is 38.8 Å². The first-order chi connectivity index (χ1) is 38.3. The van der Waals surface area contributed by atoms with E-state index in [9.17, 15) is 19.2 Å². The van der Waals surface area contributed by atoms with Crippen molar-refractivity contribution in [2.45, 2.75) is 77.7 Å². The zero-order chi connectivity index (χ0) is 56.6. The van der Waals surface area contributed by atoms with Crippen molar-refractivity contribution in [1.82, 2.24) is 54.1 Å². The number of carbonyl (C=O) groups excluding carboxylic acids is 1. The maximum atomic E-state index is 15.5. The third kappa shape index (κ3) is 11.9. The summed E-state index contributed by atoms with van der Waals surface area (Å²) in [7, 11) is 3.08. The van der Waals surface area contributed by atoms with E-state index in [1.165, 1.54) is 47.9 Å². The minimum atomic E-state index is -0.733. The second-order valence-electron chi connectivity index (χ2n) is 21.7. The summed E-state index contributed by atoms with van der Waals surface area (Å²) in [5.74, 6) is -0.177. The minimum absolute atomic E-state index is 0.0217. The lowest BCUT2D eigenvalue weighted by molar-refractivity contribution is -0.142. The summed E-state index contributed by atoms with van der Waals surface area (Å²) in [6, 6.07) is 17.3. The Morgan fingerprint density at radius 2 is 1.30 bits per heavy atom. The minimum Gasteiger partial charge on any atom is -0.461 e. The van der Waals surface area contributed by atoms with Gasteiger partial charge >= 0.3 is 5.97 Å². The maximum Gasteiger partial charge on any atom is 0.302 e. The molecular formula is C56H65ClFN15O7. The van der Waals surface area contributed by atoms with E-state index in [4.69, 9.17) is 25.8 Å². The number of ether oxygens (including phenoxy) is 3. The Morgan fingerprint density at radius 1 is 0.738 bits per heavy atom. The number of benzene rings is 1. The molecule has 2 N–H and O–H groups in total. The molecule has 4 aliphatic rings. The van der Waals surface area contributed by atoms with Gasteiger partial charge in [-0.3, -0.25) is 29.0 Å². The Hall–Kier alpha value is -7.70. The van der Waals surface area contributed by atoms with Gasteiger partial charge in [0.15, 0.2) is 11.0 Å². The number of aromatic nitrogens is 9. The van der Waals surface area contributed by atoms with Crippen LogP contribution < -0.4 is 37.1 Å². The van der Waals surface area contributed by atoms with Crippen molar-refractivity contribution in [3.8, 4) is 17.1 Å². The highest BCUT2D eigenvalue weighted by molar-refractivity contribution is 6.29. The van der Waals surface area contributed by atoms with Gasteiger partial charge in [0, 0.05) is 101 Å². The SMILES string of the molecule is CC(=O)OCc1c(-c2cc(Nc3ccc(N4CCN(C5COC5)C[C@@H]4C)cn3)c(=O)n(C)n2)ccnc1-n1ncc2cc(C(C)(C)C)cc(F)c2c1=O.C[C@H]1CN(C2COC2)CCN1c1ccc(Nc2cc(Cl)nn(C)c2=O)nc1. The topological polar surface area (TPSA) is 225 Å². The van der Waals surface area contributed by atoms with Gasteiger partial charge < -0.3 is 34.6 Å². The van der Waals surface area contributed by atoms with Gasteiger partial charge in [0.2, 0.25) is 0 Å². The normalized spacial score (nSPS) is 18.3. The lowest BCUT2D eigenvalue weighted by atomic mass is 9.86. The molecule has 1 aromatic carbocycles. The third-order valence-electron chi connectivity index (χ3n) is 15.0. The fraction of sp³-hybridized carbons (Fsp3) is 0.429. The standard InChI is InChI=1S/C38H42FN9O5.C18H23ClN6O2/c1-22-18-46(27-19-52-20-27)11-12-47(22)26-7-8-33(41-17-26)43-32-15-31(44-45(6)36(32)50)28-9-10-40-35(29(28)21-53-23(2)49)48-37(51)34-24(16-42-48)13-25(14-30(34)39)38(3,4)5;1-12-9-24(14-10-27-11-14)5-6-25(12)13-3-4-17(20-8-13)21-15-7-16(19)22-23(2)18(15)26/h7-10,13-17,22,27H,11-12,18-21H2,1-6H3,(H,41,43);3-4,7-8,12,14H,5-6,9-11H2,1-2H3,(H,20,21)/t22-;12-/m00/s1. The van der Waals surface area contributed by atoms with Crippen molar-refractivity contribution >= 4 is 62.7 Å². The van der Waals surface area contributed by atoms with Gasteiger partial charge in [0.25, 0.3) is 16.7 Å². The predicted octanol–water partition coefficient (Wildman–Crippen LogP) is 5.57. The van der Waals surface area contributed by atoms with Crippen LogP contribution in [0.5, 0.6) is 0 Å². The first-order valence-electron chi connectivity index (χ1n) is 26.6. The first-order valence-corrected chi connectivity index (χ1v) is 27.0. The second kappa shape index (κ2) is 23.2. The lowest BCUT2D eigenvalue weighted by Crippen LogP contribution is -2.59.